The van der Waals surface area contributed by atoms with Gasteiger partial charge in [0.1, 0.15) is 0 Å². The van der Waals surface area contributed by atoms with Crippen molar-refractivity contribution in [3.05, 3.63) is 0 Å². The maximum atomic E-state index is 5.25. The standard InChI is InChI=1S/C7H18N2O2/c1-2-7(10-5-3-8)11-6-4-9/h7H,2-6,8-9H2,1H3. The van der Waals surface area contributed by atoms with E-state index < -0.39 is 0 Å². The van der Waals surface area contributed by atoms with Gasteiger partial charge in [-0.25, -0.2) is 0 Å². The Morgan fingerprint density at radius 3 is 1.82 bits per heavy atom. The maximum absolute atomic E-state index is 5.25. The van der Waals surface area contributed by atoms with E-state index in [1.54, 1.807) is 0 Å². The highest BCUT2D eigenvalue weighted by molar-refractivity contribution is 4.42. The number of hydrogen-bond acceptors (Lipinski definition) is 4. The van der Waals surface area contributed by atoms with Crippen LogP contribution in [0.25, 0.3) is 0 Å². The molecule has 0 spiro atoms. The predicted octanol–water partition coefficient (Wildman–Crippen LogP) is -0.327. The Bertz CT molecular complexity index is 72.8. The number of hydrogen-bond donors (Lipinski definition) is 2. The van der Waals surface area contributed by atoms with Gasteiger partial charge in [-0.3, -0.25) is 0 Å². The van der Waals surface area contributed by atoms with Crippen LogP contribution in [0.3, 0.4) is 0 Å². The summed E-state index contributed by atoms with van der Waals surface area (Å²) in [6.45, 7) is 4.15. The summed E-state index contributed by atoms with van der Waals surface area (Å²) in [5, 5.41) is 0. The van der Waals surface area contributed by atoms with Crippen LogP contribution >= 0.6 is 0 Å². The molecule has 68 valence electrons. The van der Waals surface area contributed by atoms with Crippen LogP contribution < -0.4 is 11.5 Å². The third kappa shape index (κ3) is 6.25. The lowest BCUT2D eigenvalue weighted by Crippen LogP contribution is -2.23. The monoisotopic (exact) mass is 162 g/mol. The molecule has 0 rings (SSSR count). The van der Waals surface area contributed by atoms with Gasteiger partial charge in [0.05, 0.1) is 13.2 Å². The van der Waals surface area contributed by atoms with Gasteiger partial charge in [-0.05, 0) is 6.42 Å². The van der Waals surface area contributed by atoms with Gasteiger partial charge >= 0.3 is 0 Å². The normalized spacial score (nSPS) is 10.9. The molecule has 4 nitrogen and oxygen atoms in total. The highest BCUT2D eigenvalue weighted by Gasteiger charge is 2.03. The van der Waals surface area contributed by atoms with E-state index in [2.05, 4.69) is 0 Å². The van der Waals surface area contributed by atoms with Crippen LogP contribution in [0.15, 0.2) is 0 Å². The molecule has 0 saturated carbocycles. The highest BCUT2D eigenvalue weighted by atomic mass is 16.7. The summed E-state index contributed by atoms with van der Waals surface area (Å²) in [7, 11) is 0. The molecule has 0 radical (unpaired) electrons. The van der Waals surface area contributed by atoms with E-state index in [9.17, 15) is 0 Å². The second-order valence-corrected chi connectivity index (χ2v) is 2.16. The maximum Gasteiger partial charge on any atom is 0.157 e. The van der Waals surface area contributed by atoms with Crippen LogP contribution in [0.5, 0.6) is 0 Å². The molecule has 0 aliphatic carbocycles. The zero-order valence-electron chi connectivity index (χ0n) is 7.08. The van der Waals surface area contributed by atoms with Crippen molar-refractivity contribution >= 4 is 0 Å². The van der Waals surface area contributed by atoms with Crippen molar-refractivity contribution in [3.63, 3.8) is 0 Å². The summed E-state index contributed by atoms with van der Waals surface area (Å²) >= 11 is 0. The second kappa shape index (κ2) is 7.94. The molecular formula is C7H18N2O2. The van der Waals surface area contributed by atoms with Gasteiger partial charge in [0.2, 0.25) is 0 Å². The fourth-order valence-corrected chi connectivity index (χ4v) is 0.683. The summed E-state index contributed by atoms with van der Waals surface area (Å²) in [6, 6.07) is 0. The van der Waals surface area contributed by atoms with Crippen molar-refractivity contribution in [2.45, 2.75) is 19.6 Å². The van der Waals surface area contributed by atoms with E-state index in [1.165, 1.54) is 0 Å². The summed E-state index contributed by atoms with van der Waals surface area (Å²) in [5.74, 6) is 0. The molecule has 11 heavy (non-hydrogen) atoms. The van der Waals surface area contributed by atoms with Crippen LogP contribution in [0.2, 0.25) is 0 Å². The van der Waals surface area contributed by atoms with Crippen LogP contribution in [0.4, 0.5) is 0 Å². The fraction of sp³-hybridized carbons (Fsp3) is 1.00. The molecule has 0 aromatic carbocycles. The van der Waals surface area contributed by atoms with Crippen LogP contribution in [-0.4, -0.2) is 32.6 Å². The summed E-state index contributed by atoms with van der Waals surface area (Å²) < 4.78 is 10.5. The minimum Gasteiger partial charge on any atom is -0.351 e. The van der Waals surface area contributed by atoms with E-state index >= 15 is 0 Å². The molecule has 0 aromatic heterocycles. The molecule has 0 unspecified atom stereocenters. The summed E-state index contributed by atoms with van der Waals surface area (Å²) in [6.07, 6.45) is 0.696. The van der Waals surface area contributed by atoms with Crippen molar-refractivity contribution in [2.24, 2.45) is 11.5 Å². The molecule has 0 aliphatic heterocycles. The average Bonchev–Trinajstić information content (AvgIpc) is 2.05. The van der Waals surface area contributed by atoms with Gasteiger partial charge in [-0.2, -0.15) is 0 Å². The topological polar surface area (TPSA) is 70.5 Å². The van der Waals surface area contributed by atoms with E-state index in [0.29, 0.717) is 26.3 Å². The van der Waals surface area contributed by atoms with Crippen molar-refractivity contribution in [1.29, 1.82) is 0 Å². The molecular weight excluding hydrogens is 144 g/mol. The SMILES string of the molecule is CCC(OCCN)OCCN. The third-order valence-corrected chi connectivity index (χ3v) is 1.18. The fourth-order valence-electron chi connectivity index (χ4n) is 0.683. The molecule has 0 aliphatic rings. The number of ether oxygens (including phenoxy) is 2. The van der Waals surface area contributed by atoms with Gasteiger partial charge in [0, 0.05) is 13.1 Å². The first-order valence-electron chi connectivity index (χ1n) is 3.98. The average molecular weight is 162 g/mol. The van der Waals surface area contributed by atoms with Crippen LogP contribution in [-0.2, 0) is 9.47 Å². The summed E-state index contributed by atoms with van der Waals surface area (Å²) in [4.78, 5) is 0. The molecule has 0 aromatic rings. The molecule has 4 N–H and O–H groups in total. The second-order valence-electron chi connectivity index (χ2n) is 2.16. The predicted molar refractivity (Wildman–Crippen MR) is 44.1 cm³/mol. The minimum atomic E-state index is -0.137. The van der Waals surface area contributed by atoms with Crippen molar-refractivity contribution < 1.29 is 9.47 Å². The zero-order chi connectivity index (χ0) is 8.53. The number of nitrogens with two attached hydrogens (primary N) is 2. The lowest BCUT2D eigenvalue weighted by Gasteiger charge is -2.15. The quantitative estimate of drug-likeness (QED) is 0.503. The van der Waals surface area contributed by atoms with Gasteiger partial charge in [0.15, 0.2) is 6.29 Å². The van der Waals surface area contributed by atoms with Crippen molar-refractivity contribution in [1.82, 2.24) is 0 Å². The Balaban J connectivity index is 3.25. The Morgan fingerprint density at radius 1 is 1.09 bits per heavy atom. The van der Waals surface area contributed by atoms with Gasteiger partial charge in [-0.15, -0.1) is 0 Å². The number of rotatable bonds is 7. The zero-order valence-corrected chi connectivity index (χ0v) is 7.08. The lowest BCUT2D eigenvalue weighted by molar-refractivity contribution is -0.139. The van der Waals surface area contributed by atoms with Gasteiger partial charge in [0.25, 0.3) is 0 Å². The van der Waals surface area contributed by atoms with Gasteiger partial charge < -0.3 is 20.9 Å². The minimum absolute atomic E-state index is 0.137. The van der Waals surface area contributed by atoms with E-state index in [-0.39, 0.29) is 6.29 Å². The molecule has 0 fully saturated rings. The van der Waals surface area contributed by atoms with Crippen molar-refractivity contribution in [3.8, 4) is 0 Å². The van der Waals surface area contributed by atoms with Gasteiger partial charge in [-0.1, -0.05) is 6.92 Å². The van der Waals surface area contributed by atoms with Crippen molar-refractivity contribution in [2.75, 3.05) is 26.3 Å². The first kappa shape index (κ1) is 10.8. The van der Waals surface area contributed by atoms with Crippen LogP contribution in [0.1, 0.15) is 13.3 Å². The smallest absolute Gasteiger partial charge is 0.157 e. The first-order valence-corrected chi connectivity index (χ1v) is 3.98. The van der Waals surface area contributed by atoms with E-state index in [1.807, 2.05) is 6.92 Å². The Kier molecular flexibility index (Phi) is 7.83. The molecule has 0 amide bonds. The molecule has 0 heterocycles. The van der Waals surface area contributed by atoms with Crippen LogP contribution in [0, 0.1) is 0 Å². The first-order chi connectivity index (χ1) is 5.35. The molecule has 4 heteroatoms. The Hall–Kier alpha value is -0.160. The lowest BCUT2D eigenvalue weighted by atomic mass is 10.5. The largest absolute Gasteiger partial charge is 0.351 e. The molecule has 0 bridgehead atoms. The molecule has 0 atom stereocenters. The Morgan fingerprint density at radius 2 is 1.55 bits per heavy atom. The third-order valence-electron chi connectivity index (χ3n) is 1.18. The molecule has 0 saturated heterocycles. The Labute approximate surface area is 67.8 Å². The van der Waals surface area contributed by atoms with E-state index in [4.69, 9.17) is 20.9 Å². The summed E-state index contributed by atoms with van der Waals surface area (Å²) in [5.41, 5.74) is 10.5. The van der Waals surface area contributed by atoms with E-state index in [0.717, 1.165) is 6.42 Å². The highest BCUT2D eigenvalue weighted by Crippen LogP contribution is 1.98.